The molecule has 1 aromatic heterocycles. The maximum absolute atomic E-state index is 12.8. The molecule has 0 saturated carbocycles. The van der Waals surface area contributed by atoms with Crippen LogP contribution in [0.4, 0.5) is 28.8 Å². The van der Waals surface area contributed by atoms with Crippen molar-refractivity contribution in [3.8, 4) is 5.75 Å². The van der Waals surface area contributed by atoms with E-state index in [4.69, 9.17) is 16.3 Å². The lowest BCUT2D eigenvalue weighted by Crippen LogP contribution is -2.58. The summed E-state index contributed by atoms with van der Waals surface area (Å²) in [5.74, 6) is 1.53. The normalized spacial score (nSPS) is 17.4. The quantitative estimate of drug-likeness (QED) is 0.385. The first-order valence-corrected chi connectivity index (χ1v) is 15.5. The SMILES string of the molecule is COc1cc(N2CCC3(CC2)CN(C)C3)ccc1Nc1ncc(Cl)c(Nc2ccccc2P(C)(C)=O)n1. The first-order chi connectivity index (χ1) is 17.7. The monoisotopic (exact) mass is 540 g/mol. The summed E-state index contributed by atoms with van der Waals surface area (Å²) in [5.41, 5.74) is 3.14. The molecule has 8 nitrogen and oxygen atoms in total. The molecule has 2 N–H and O–H groups in total. The Morgan fingerprint density at radius 3 is 2.46 bits per heavy atom. The molecule has 0 bridgehead atoms. The molecule has 0 aliphatic carbocycles. The number of methoxy groups -OCH3 is 1. The number of hydrogen-bond acceptors (Lipinski definition) is 8. The topological polar surface area (TPSA) is 82.6 Å². The van der Waals surface area contributed by atoms with Crippen LogP contribution in [0, 0.1) is 5.41 Å². The van der Waals surface area contributed by atoms with E-state index in [-0.39, 0.29) is 0 Å². The number of para-hydroxylation sites is 1. The van der Waals surface area contributed by atoms with Gasteiger partial charge in [0.25, 0.3) is 0 Å². The maximum Gasteiger partial charge on any atom is 0.229 e. The summed E-state index contributed by atoms with van der Waals surface area (Å²) in [4.78, 5) is 13.8. The molecule has 10 heteroatoms. The van der Waals surface area contributed by atoms with E-state index >= 15 is 0 Å². The average molecular weight is 541 g/mol. The Bertz CT molecular complexity index is 1330. The highest BCUT2D eigenvalue weighted by Gasteiger charge is 2.43. The van der Waals surface area contributed by atoms with Crippen LogP contribution in [0.2, 0.25) is 5.02 Å². The molecule has 3 aromatic rings. The second kappa shape index (κ2) is 10.2. The molecule has 1 spiro atoms. The van der Waals surface area contributed by atoms with Gasteiger partial charge in [0.05, 0.1) is 24.7 Å². The van der Waals surface area contributed by atoms with Crippen molar-refractivity contribution < 1.29 is 9.30 Å². The number of likely N-dealkylation sites (tertiary alicyclic amines) is 1. The van der Waals surface area contributed by atoms with Crippen LogP contribution in [0.25, 0.3) is 0 Å². The number of hydrogen-bond donors (Lipinski definition) is 2. The smallest absolute Gasteiger partial charge is 0.229 e. The number of rotatable bonds is 7. The van der Waals surface area contributed by atoms with Crippen LogP contribution in [0.15, 0.2) is 48.7 Å². The molecular weight excluding hydrogens is 507 g/mol. The van der Waals surface area contributed by atoms with Crippen molar-refractivity contribution in [1.29, 1.82) is 0 Å². The van der Waals surface area contributed by atoms with E-state index in [1.807, 2.05) is 30.3 Å². The molecule has 3 heterocycles. The summed E-state index contributed by atoms with van der Waals surface area (Å²) in [7, 11) is 1.37. The Labute approximate surface area is 223 Å². The van der Waals surface area contributed by atoms with Gasteiger partial charge >= 0.3 is 0 Å². The van der Waals surface area contributed by atoms with Crippen molar-refractivity contribution in [3.63, 3.8) is 0 Å². The van der Waals surface area contributed by atoms with E-state index < -0.39 is 7.14 Å². The largest absolute Gasteiger partial charge is 0.494 e. The number of aromatic nitrogens is 2. The van der Waals surface area contributed by atoms with E-state index in [9.17, 15) is 4.57 Å². The highest BCUT2D eigenvalue weighted by Crippen LogP contribution is 2.42. The van der Waals surface area contributed by atoms with Gasteiger partial charge in [-0.05, 0) is 62.9 Å². The third-order valence-corrected chi connectivity index (χ3v) is 9.14. The fourth-order valence-corrected chi connectivity index (χ4v) is 6.74. The van der Waals surface area contributed by atoms with Gasteiger partial charge in [0, 0.05) is 43.2 Å². The van der Waals surface area contributed by atoms with Crippen LogP contribution in [0.1, 0.15) is 12.8 Å². The molecule has 196 valence electrons. The van der Waals surface area contributed by atoms with E-state index in [0.29, 0.717) is 27.9 Å². The summed E-state index contributed by atoms with van der Waals surface area (Å²) in [6.07, 6.45) is 3.99. The first-order valence-electron chi connectivity index (χ1n) is 12.5. The third-order valence-electron chi connectivity index (χ3n) is 7.31. The molecule has 0 atom stereocenters. The molecule has 2 aliphatic rings. The predicted molar refractivity (Wildman–Crippen MR) is 154 cm³/mol. The summed E-state index contributed by atoms with van der Waals surface area (Å²) in [5, 5.41) is 7.61. The van der Waals surface area contributed by atoms with Gasteiger partial charge in [0.1, 0.15) is 17.9 Å². The van der Waals surface area contributed by atoms with Gasteiger partial charge < -0.3 is 29.7 Å². The molecule has 2 aromatic carbocycles. The van der Waals surface area contributed by atoms with Crippen LogP contribution in [0.3, 0.4) is 0 Å². The molecule has 0 radical (unpaired) electrons. The van der Waals surface area contributed by atoms with Gasteiger partial charge in [-0.1, -0.05) is 23.7 Å². The minimum absolute atomic E-state index is 0.366. The van der Waals surface area contributed by atoms with Crippen molar-refractivity contribution >= 4 is 52.9 Å². The van der Waals surface area contributed by atoms with E-state index in [0.717, 1.165) is 35.5 Å². The number of anilines is 5. The Kier molecular flexibility index (Phi) is 7.10. The van der Waals surface area contributed by atoms with Crippen molar-refractivity contribution in [2.75, 3.05) is 69.2 Å². The number of ether oxygens (including phenoxy) is 1. The van der Waals surface area contributed by atoms with Gasteiger partial charge in [-0.25, -0.2) is 4.98 Å². The van der Waals surface area contributed by atoms with Crippen LogP contribution in [-0.4, -0.2) is 68.5 Å². The molecule has 0 amide bonds. The zero-order valence-corrected chi connectivity index (χ0v) is 23.4. The molecule has 2 fully saturated rings. The highest BCUT2D eigenvalue weighted by atomic mass is 35.5. The van der Waals surface area contributed by atoms with Crippen molar-refractivity contribution in [3.05, 3.63) is 53.7 Å². The Morgan fingerprint density at radius 2 is 1.78 bits per heavy atom. The minimum Gasteiger partial charge on any atom is -0.494 e. The number of piperidine rings is 1. The maximum atomic E-state index is 12.8. The van der Waals surface area contributed by atoms with Gasteiger partial charge in [-0.2, -0.15) is 4.98 Å². The first kappa shape index (κ1) is 25.8. The van der Waals surface area contributed by atoms with Crippen molar-refractivity contribution in [2.24, 2.45) is 5.41 Å². The van der Waals surface area contributed by atoms with Gasteiger partial charge in [0.2, 0.25) is 5.95 Å². The predicted octanol–water partition coefficient (Wildman–Crippen LogP) is 5.41. The Balaban J connectivity index is 1.32. The molecule has 2 saturated heterocycles. The van der Waals surface area contributed by atoms with Crippen LogP contribution >= 0.6 is 18.7 Å². The minimum atomic E-state index is -2.50. The number of halogens is 1. The summed E-state index contributed by atoms with van der Waals surface area (Å²) in [6.45, 7) is 8.03. The number of nitrogens with one attached hydrogen (secondary N) is 2. The van der Waals surface area contributed by atoms with Gasteiger partial charge in [0.15, 0.2) is 5.82 Å². The Morgan fingerprint density at radius 1 is 1.05 bits per heavy atom. The zero-order valence-electron chi connectivity index (χ0n) is 21.8. The van der Waals surface area contributed by atoms with Gasteiger partial charge in [-0.15, -0.1) is 0 Å². The second-order valence-electron chi connectivity index (χ2n) is 10.6. The third kappa shape index (κ3) is 5.57. The van der Waals surface area contributed by atoms with Crippen LogP contribution in [0.5, 0.6) is 5.75 Å². The fraction of sp³-hybridized carbons (Fsp3) is 0.407. The number of benzene rings is 2. The molecule has 37 heavy (non-hydrogen) atoms. The molecule has 2 aliphatic heterocycles. The average Bonchev–Trinajstić information content (AvgIpc) is 2.86. The molecular formula is C27H34ClN6O2P. The zero-order chi connectivity index (χ0) is 26.2. The van der Waals surface area contributed by atoms with E-state index in [1.54, 1.807) is 26.6 Å². The van der Waals surface area contributed by atoms with Crippen LogP contribution < -0.4 is 25.6 Å². The van der Waals surface area contributed by atoms with Crippen molar-refractivity contribution in [2.45, 2.75) is 12.8 Å². The fourth-order valence-electron chi connectivity index (χ4n) is 5.45. The summed E-state index contributed by atoms with van der Waals surface area (Å²) < 4.78 is 18.5. The lowest BCUT2D eigenvalue weighted by molar-refractivity contribution is 0.00131. The standard InChI is InChI=1S/C27H34ClN6O2P/c1-33-17-27(18-33)11-13-34(14-12-27)19-9-10-21(23(15-19)36-2)31-26-29-16-20(28)25(32-26)30-22-7-5-6-8-24(22)37(3,4)35/h5-10,15-16H,11-14,17-18H2,1-4H3,(H2,29,30,31,32). The van der Waals surface area contributed by atoms with Gasteiger partial charge in [-0.3, -0.25) is 0 Å². The number of nitrogens with zero attached hydrogens (tertiary/aromatic N) is 4. The summed E-state index contributed by atoms with van der Waals surface area (Å²) >= 11 is 6.41. The lowest BCUT2D eigenvalue weighted by atomic mass is 9.72. The molecule has 0 unspecified atom stereocenters. The van der Waals surface area contributed by atoms with E-state index in [2.05, 4.69) is 49.6 Å². The second-order valence-corrected chi connectivity index (χ2v) is 14.1. The lowest BCUT2D eigenvalue weighted by Gasteiger charge is -2.53. The molecule has 5 rings (SSSR count). The van der Waals surface area contributed by atoms with Crippen molar-refractivity contribution in [1.82, 2.24) is 14.9 Å². The highest BCUT2D eigenvalue weighted by molar-refractivity contribution is 7.70. The Hall–Kier alpha value is -2.80. The van der Waals surface area contributed by atoms with Crippen LogP contribution in [-0.2, 0) is 4.57 Å². The van der Waals surface area contributed by atoms with E-state index in [1.165, 1.54) is 25.9 Å². The summed E-state index contributed by atoms with van der Waals surface area (Å²) in [6, 6.07) is 13.7.